The van der Waals surface area contributed by atoms with Gasteiger partial charge in [-0.25, -0.2) is 0 Å². The number of hydrogen-bond acceptors (Lipinski definition) is 3. The number of amides is 2. The minimum atomic E-state index is -1.10. The first-order valence-corrected chi connectivity index (χ1v) is 12.5. The molecule has 5 heterocycles. The van der Waals surface area contributed by atoms with E-state index in [-0.39, 0.29) is 17.7 Å². The second-order valence-electron chi connectivity index (χ2n) is 11.7. The third kappa shape index (κ3) is 2.33. The quantitative estimate of drug-likeness (QED) is 0.504. The Labute approximate surface area is 204 Å². The Hall–Kier alpha value is -3.41. The van der Waals surface area contributed by atoms with Crippen LogP contribution in [0, 0.1) is 30.4 Å². The van der Waals surface area contributed by atoms with Crippen molar-refractivity contribution in [1.29, 1.82) is 0 Å². The van der Waals surface area contributed by atoms with Crippen LogP contribution in [-0.2, 0) is 9.59 Å². The van der Waals surface area contributed by atoms with Gasteiger partial charge >= 0.3 is 0 Å². The van der Waals surface area contributed by atoms with Gasteiger partial charge in [0.2, 0.25) is 17.3 Å². The minimum absolute atomic E-state index is 0.0109. The summed E-state index contributed by atoms with van der Waals surface area (Å²) in [5.41, 5.74) is 4.92. The molecule has 0 radical (unpaired) electrons. The van der Waals surface area contributed by atoms with Crippen LogP contribution in [0.25, 0.3) is 16.7 Å². The van der Waals surface area contributed by atoms with Gasteiger partial charge in [-0.05, 0) is 70.2 Å². The van der Waals surface area contributed by atoms with Crippen LogP contribution in [0.4, 0.5) is 5.69 Å². The van der Waals surface area contributed by atoms with E-state index in [1.165, 1.54) is 11.1 Å². The number of nitrogens with one attached hydrogen (secondary N) is 1. The van der Waals surface area contributed by atoms with Crippen molar-refractivity contribution < 1.29 is 14.3 Å². The summed E-state index contributed by atoms with van der Waals surface area (Å²) in [6.45, 7) is 8.92. The summed E-state index contributed by atoms with van der Waals surface area (Å²) in [5, 5.41) is 17.0. The zero-order chi connectivity index (χ0) is 24.5. The number of rotatable bonds is 1. The highest BCUT2D eigenvalue weighted by Gasteiger charge is 2.73. The zero-order valence-corrected chi connectivity index (χ0v) is 20.6. The van der Waals surface area contributed by atoms with Crippen LogP contribution in [0.1, 0.15) is 49.8 Å². The van der Waals surface area contributed by atoms with Gasteiger partial charge in [-0.2, -0.15) is 4.74 Å². The molecule has 4 saturated heterocycles. The highest BCUT2D eigenvalue weighted by Crippen LogP contribution is 2.60. The summed E-state index contributed by atoms with van der Waals surface area (Å²) in [7, 11) is 0. The lowest BCUT2D eigenvalue weighted by Gasteiger charge is -2.62. The second kappa shape index (κ2) is 6.23. The maximum Gasteiger partial charge on any atom is 0.253 e. The summed E-state index contributed by atoms with van der Waals surface area (Å²) in [5.74, 6) is -0.217. The van der Waals surface area contributed by atoms with Crippen molar-refractivity contribution in [3.8, 4) is 11.1 Å². The molecule has 1 aliphatic carbocycles. The van der Waals surface area contributed by atoms with E-state index >= 15 is 0 Å². The number of fused-ring (bicyclic) bond motifs is 4. The Morgan fingerprint density at radius 2 is 1.80 bits per heavy atom. The van der Waals surface area contributed by atoms with E-state index < -0.39 is 16.5 Å². The first kappa shape index (κ1) is 20.9. The van der Waals surface area contributed by atoms with Gasteiger partial charge < -0.3 is 15.4 Å². The van der Waals surface area contributed by atoms with E-state index in [2.05, 4.69) is 57.3 Å². The van der Waals surface area contributed by atoms with Crippen molar-refractivity contribution >= 4 is 28.8 Å². The molecule has 2 amide bonds. The Morgan fingerprint density at radius 1 is 1.06 bits per heavy atom. The van der Waals surface area contributed by atoms with Crippen LogP contribution in [0.15, 0.2) is 42.5 Å². The Kier molecular flexibility index (Phi) is 3.72. The van der Waals surface area contributed by atoms with Gasteiger partial charge in [0.1, 0.15) is 11.1 Å². The lowest BCUT2D eigenvalue weighted by molar-refractivity contribution is -0.362. The molecule has 2 aromatic carbocycles. The van der Waals surface area contributed by atoms with Crippen molar-refractivity contribution in [2.45, 2.75) is 58.0 Å². The normalized spacial score (nSPS) is 31.6. The monoisotopic (exact) mass is 467 g/mol. The van der Waals surface area contributed by atoms with Crippen LogP contribution >= 0.6 is 0 Å². The maximum absolute atomic E-state index is 13.9. The van der Waals surface area contributed by atoms with Crippen LogP contribution < -0.4 is 5.32 Å². The average Bonchev–Trinajstić information content (AvgIpc) is 3.35. The number of piperidine rings is 2. The van der Waals surface area contributed by atoms with Crippen LogP contribution in [0.2, 0.25) is 0 Å². The Bertz CT molecular complexity index is 1430. The van der Waals surface area contributed by atoms with Crippen LogP contribution in [0.5, 0.6) is 0 Å². The fourth-order valence-electron chi connectivity index (χ4n) is 7.81. The van der Waals surface area contributed by atoms with Crippen molar-refractivity contribution in [2.75, 3.05) is 6.54 Å². The first-order chi connectivity index (χ1) is 16.6. The van der Waals surface area contributed by atoms with Gasteiger partial charge in [0.25, 0.3) is 5.91 Å². The molecule has 3 atom stereocenters. The standard InChI is InChI=1S/C29H29N3O3/c1-16-10-17(2)12-19(11-16)18-6-7-20-21-14-29-23(27(3,4)24(21)32(35)22(20)13-18)15-28(25(33)30-29)8-5-9-31(28)26(29)34/h6-7,10-14,23H,5,8-9,15H2,1-4H3,(H,30,33)/t23-,28-,29-/m0/s1. The molecule has 0 unspecified atom stereocenters. The number of piperazine rings is 1. The number of hydrogen-bond donors (Lipinski definition) is 1. The number of aryl methyl sites for hydroxylation is 2. The van der Waals surface area contributed by atoms with Crippen molar-refractivity contribution in [3.63, 3.8) is 0 Å². The summed E-state index contributed by atoms with van der Waals surface area (Å²) in [6, 6.07) is 12.4. The second-order valence-corrected chi connectivity index (χ2v) is 11.7. The van der Waals surface area contributed by atoms with Gasteiger partial charge in [-0.15, -0.1) is 0 Å². The van der Waals surface area contributed by atoms with Crippen molar-refractivity contribution in [1.82, 2.24) is 10.2 Å². The number of carbonyl (C=O) groups is 2. The molecule has 178 valence electrons. The summed E-state index contributed by atoms with van der Waals surface area (Å²) in [6.07, 6.45) is 4.04. The molecule has 2 spiro atoms. The molecular formula is C29H29N3O3. The molecule has 1 N–H and O–H groups in total. The third-order valence-corrected chi connectivity index (χ3v) is 9.30. The van der Waals surface area contributed by atoms with E-state index in [4.69, 9.17) is 0 Å². The predicted octanol–water partition coefficient (Wildman–Crippen LogP) is 4.24. The number of nitrogens with zero attached hydrogens (tertiary/aromatic N) is 2. The van der Waals surface area contributed by atoms with Gasteiger partial charge in [0.05, 0.1) is 16.6 Å². The Balaban J connectivity index is 1.44. The van der Waals surface area contributed by atoms with Gasteiger partial charge in [-0.3, -0.25) is 9.59 Å². The summed E-state index contributed by atoms with van der Waals surface area (Å²) < 4.78 is 1.08. The molecule has 6 aliphatic rings. The fourth-order valence-corrected chi connectivity index (χ4v) is 7.81. The van der Waals surface area contributed by atoms with E-state index in [9.17, 15) is 14.8 Å². The first-order valence-electron chi connectivity index (χ1n) is 12.5. The van der Waals surface area contributed by atoms with E-state index in [0.717, 1.165) is 33.4 Å². The lowest BCUT2D eigenvalue weighted by atomic mass is 9.51. The van der Waals surface area contributed by atoms with Crippen molar-refractivity contribution in [3.05, 3.63) is 64.4 Å². The molecular weight excluding hydrogens is 438 g/mol. The molecule has 6 nitrogen and oxygen atoms in total. The maximum atomic E-state index is 13.9. The molecule has 2 bridgehead atoms. The Morgan fingerprint density at radius 3 is 2.54 bits per heavy atom. The van der Waals surface area contributed by atoms with Gasteiger partial charge in [-0.1, -0.05) is 35.4 Å². The van der Waals surface area contributed by atoms with E-state index in [1.54, 1.807) is 0 Å². The van der Waals surface area contributed by atoms with Gasteiger partial charge in [0.15, 0.2) is 0 Å². The van der Waals surface area contributed by atoms with Crippen LogP contribution in [0.3, 0.4) is 0 Å². The molecule has 2 aromatic rings. The van der Waals surface area contributed by atoms with E-state index in [1.807, 2.05) is 23.1 Å². The highest BCUT2D eigenvalue weighted by atomic mass is 16.5. The zero-order valence-electron chi connectivity index (χ0n) is 20.6. The molecule has 8 rings (SSSR count). The molecule has 35 heavy (non-hydrogen) atoms. The summed E-state index contributed by atoms with van der Waals surface area (Å²) in [4.78, 5) is 29.0. The minimum Gasteiger partial charge on any atom is -0.618 e. The van der Waals surface area contributed by atoms with Crippen molar-refractivity contribution in [2.24, 2.45) is 11.3 Å². The number of benzene rings is 2. The number of allylic oxidation sites excluding steroid dienone is 1. The average molecular weight is 468 g/mol. The smallest absolute Gasteiger partial charge is 0.253 e. The topological polar surface area (TPSA) is 75.5 Å². The number of carbonyl (C=O) groups excluding carboxylic acids is 2. The molecule has 0 aromatic heterocycles. The molecule has 4 fully saturated rings. The lowest BCUT2D eigenvalue weighted by Crippen LogP contribution is -2.83. The van der Waals surface area contributed by atoms with Crippen LogP contribution in [-0.4, -0.2) is 44.8 Å². The summed E-state index contributed by atoms with van der Waals surface area (Å²) >= 11 is 0. The SMILES string of the molecule is Cc1cc(C)cc(-c2ccc3c(c2)[N+]([O-])=C2C3=C[C@@]34NC(=O)[C@]5(CCCN5C3=O)C[C@H]4C2(C)C)c1. The molecule has 6 heteroatoms. The fraction of sp³-hybridized carbons (Fsp3) is 0.414. The van der Waals surface area contributed by atoms with Gasteiger partial charge in [0, 0.05) is 18.5 Å². The van der Waals surface area contributed by atoms with E-state index in [0.29, 0.717) is 30.8 Å². The third-order valence-electron chi connectivity index (χ3n) is 9.30. The largest absolute Gasteiger partial charge is 0.618 e. The molecule has 5 aliphatic heterocycles. The molecule has 0 saturated carbocycles. The highest BCUT2D eigenvalue weighted by molar-refractivity contribution is 6.30. The predicted molar refractivity (Wildman–Crippen MR) is 134 cm³/mol.